The van der Waals surface area contributed by atoms with Crippen LogP contribution in [0.2, 0.25) is 0 Å². The SMILES string of the molecule is CCCn1nc(C(=O)Nc2cccc(NC(=O)NC)c2)ccc1=O. The van der Waals surface area contributed by atoms with Crippen molar-refractivity contribution in [3.05, 3.63) is 52.4 Å². The van der Waals surface area contributed by atoms with Gasteiger partial charge in [-0.15, -0.1) is 0 Å². The van der Waals surface area contributed by atoms with Crippen LogP contribution < -0.4 is 21.5 Å². The fraction of sp³-hybridized carbons (Fsp3) is 0.250. The fourth-order valence-electron chi connectivity index (χ4n) is 2.01. The molecule has 1 aromatic carbocycles. The lowest BCUT2D eigenvalue weighted by molar-refractivity contribution is 0.101. The Morgan fingerprint density at radius 3 is 2.50 bits per heavy atom. The number of carbonyl (C=O) groups excluding carboxylic acids is 2. The predicted octanol–water partition coefficient (Wildman–Crippen LogP) is 1.66. The highest BCUT2D eigenvalue weighted by Crippen LogP contribution is 2.15. The van der Waals surface area contributed by atoms with Crippen molar-refractivity contribution < 1.29 is 9.59 Å². The number of nitrogens with one attached hydrogen (secondary N) is 3. The number of carbonyl (C=O) groups is 2. The standard InChI is InChI=1S/C16H19N5O3/c1-3-9-21-14(22)8-7-13(20-21)15(23)18-11-5-4-6-12(10-11)19-16(24)17-2/h4-8,10H,3,9H2,1-2H3,(H,18,23)(H2,17,19,24). The molecule has 0 bridgehead atoms. The lowest BCUT2D eigenvalue weighted by Gasteiger charge is -2.09. The number of anilines is 2. The van der Waals surface area contributed by atoms with Crippen LogP contribution in [0.3, 0.4) is 0 Å². The van der Waals surface area contributed by atoms with Crippen molar-refractivity contribution in [2.75, 3.05) is 17.7 Å². The van der Waals surface area contributed by atoms with Gasteiger partial charge in [-0.25, -0.2) is 9.48 Å². The molecule has 0 radical (unpaired) electrons. The molecule has 8 nitrogen and oxygen atoms in total. The number of aryl methyl sites for hydroxylation is 1. The first-order chi connectivity index (χ1) is 11.5. The Morgan fingerprint density at radius 1 is 1.12 bits per heavy atom. The summed E-state index contributed by atoms with van der Waals surface area (Å²) < 4.78 is 1.26. The quantitative estimate of drug-likeness (QED) is 0.775. The second kappa shape index (κ2) is 7.91. The largest absolute Gasteiger partial charge is 0.341 e. The summed E-state index contributed by atoms with van der Waals surface area (Å²) in [5.41, 5.74) is 0.942. The van der Waals surface area contributed by atoms with Gasteiger partial charge in [0.1, 0.15) is 5.69 Å². The number of amides is 3. The summed E-state index contributed by atoms with van der Waals surface area (Å²) in [5.74, 6) is -0.433. The highest BCUT2D eigenvalue weighted by molar-refractivity contribution is 6.03. The lowest BCUT2D eigenvalue weighted by Crippen LogP contribution is -2.26. The van der Waals surface area contributed by atoms with Gasteiger partial charge in [0.2, 0.25) is 0 Å². The molecule has 8 heteroatoms. The Labute approximate surface area is 138 Å². The third kappa shape index (κ3) is 4.42. The summed E-state index contributed by atoms with van der Waals surface area (Å²) in [6.45, 7) is 2.37. The minimum Gasteiger partial charge on any atom is -0.341 e. The highest BCUT2D eigenvalue weighted by atomic mass is 16.2. The van der Waals surface area contributed by atoms with Crippen LogP contribution in [0.1, 0.15) is 23.8 Å². The van der Waals surface area contributed by atoms with Gasteiger partial charge in [-0.3, -0.25) is 9.59 Å². The average Bonchev–Trinajstić information content (AvgIpc) is 2.57. The van der Waals surface area contributed by atoms with E-state index in [1.165, 1.54) is 23.9 Å². The van der Waals surface area contributed by atoms with Crippen LogP contribution in [0.4, 0.5) is 16.2 Å². The third-order valence-corrected chi connectivity index (χ3v) is 3.14. The summed E-state index contributed by atoms with van der Waals surface area (Å²) in [6, 6.07) is 9.06. The molecule has 1 heterocycles. The van der Waals surface area contributed by atoms with Crippen molar-refractivity contribution in [1.29, 1.82) is 0 Å². The Balaban J connectivity index is 2.15. The molecule has 0 aliphatic rings. The van der Waals surface area contributed by atoms with E-state index in [2.05, 4.69) is 21.0 Å². The maximum Gasteiger partial charge on any atom is 0.318 e. The van der Waals surface area contributed by atoms with Crippen LogP contribution in [0.5, 0.6) is 0 Å². The Kier molecular flexibility index (Phi) is 5.67. The van der Waals surface area contributed by atoms with Gasteiger partial charge in [0.15, 0.2) is 0 Å². The van der Waals surface area contributed by atoms with Gasteiger partial charge in [0.05, 0.1) is 0 Å². The van der Waals surface area contributed by atoms with Crippen LogP contribution in [-0.2, 0) is 6.54 Å². The van der Waals surface area contributed by atoms with E-state index in [4.69, 9.17) is 0 Å². The third-order valence-electron chi connectivity index (χ3n) is 3.14. The van der Waals surface area contributed by atoms with Gasteiger partial charge in [-0.2, -0.15) is 5.10 Å². The molecule has 3 amide bonds. The van der Waals surface area contributed by atoms with Crippen LogP contribution in [-0.4, -0.2) is 28.8 Å². The summed E-state index contributed by atoms with van der Waals surface area (Å²) in [7, 11) is 1.51. The van der Waals surface area contributed by atoms with E-state index in [0.717, 1.165) is 6.42 Å². The van der Waals surface area contributed by atoms with Crippen molar-refractivity contribution in [2.24, 2.45) is 0 Å². The molecule has 126 valence electrons. The van der Waals surface area contributed by atoms with Crippen molar-refractivity contribution in [1.82, 2.24) is 15.1 Å². The van der Waals surface area contributed by atoms with Gasteiger partial charge < -0.3 is 16.0 Å². The van der Waals surface area contributed by atoms with E-state index in [0.29, 0.717) is 17.9 Å². The molecule has 1 aromatic heterocycles. The summed E-state index contributed by atoms with van der Waals surface area (Å²) in [5, 5.41) is 11.8. The zero-order chi connectivity index (χ0) is 17.5. The molecule has 24 heavy (non-hydrogen) atoms. The number of nitrogens with zero attached hydrogens (tertiary/aromatic N) is 2. The summed E-state index contributed by atoms with van der Waals surface area (Å²) in [6.07, 6.45) is 0.741. The van der Waals surface area contributed by atoms with Gasteiger partial charge >= 0.3 is 6.03 Å². The van der Waals surface area contributed by atoms with Gasteiger partial charge in [-0.05, 0) is 30.7 Å². The predicted molar refractivity (Wildman–Crippen MR) is 91.3 cm³/mol. The molecule has 0 unspecified atom stereocenters. The maximum absolute atomic E-state index is 12.3. The van der Waals surface area contributed by atoms with E-state index in [9.17, 15) is 14.4 Å². The topological polar surface area (TPSA) is 105 Å². The summed E-state index contributed by atoms with van der Waals surface area (Å²) >= 11 is 0. The monoisotopic (exact) mass is 329 g/mol. The second-order valence-corrected chi connectivity index (χ2v) is 5.02. The molecule has 2 rings (SSSR count). The van der Waals surface area contributed by atoms with Gasteiger partial charge in [0.25, 0.3) is 11.5 Å². The Hall–Kier alpha value is -3.16. The molecule has 0 saturated carbocycles. The Morgan fingerprint density at radius 2 is 1.83 bits per heavy atom. The van der Waals surface area contributed by atoms with Gasteiger partial charge in [-0.1, -0.05) is 13.0 Å². The van der Waals surface area contributed by atoms with Crippen LogP contribution >= 0.6 is 0 Å². The van der Waals surface area contributed by atoms with Crippen LogP contribution in [0.15, 0.2) is 41.2 Å². The van der Waals surface area contributed by atoms with E-state index in [1.54, 1.807) is 24.3 Å². The maximum atomic E-state index is 12.3. The van der Waals surface area contributed by atoms with Crippen molar-refractivity contribution in [2.45, 2.75) is 19.9 Å². The lowest BCUT2D eigenvalue weighted by atomic mass is 10.2. The van der Waals surface area contributed by atoms with E-state index < -0.39 is 5.91 Å². The van der Waals surface area contributed by atoms with Gasteiger partial charge in [0, 0.05) is 31.0 Å². The molecular weight excluding hydrogens is 310 g/mol. The smallest absolute Gasteiger partial charge is 0.318 e. The van der Waals surface area contributed by atoms with E-state index in [1.807, 2.05) is 6.92 Å². The molecule has 0 fully saturated rings. The highest BCUT2D eigenvalue weighted by Gasteiger charge is 2.10. The first-order valence-corrected chi connectivity index (χ1v) is 7.51. The number of hydrogen-bond donors (Lipinski definition) is 3. The number of aromatic nitrogens is 2. The molecule has 0 spiro atoms. The molecule has 3 N–H and O–H groups in total. The molecule has 2 aromatic rings. The second-order valence-electron chi connectivity index (χ2n) is 5.02. The minimum absolute atomic E-state index is 0.146. The van der Waals surface area contributed by atoms with Crippen molar-refractivity contribution in [3.8, 4) is 0 Å². The van der Waals surface area contributed by atoms with Crippen LogP contribution in [0, 0.1) is 0 Å². The average molecular weight is 329 g/mol. The van der Waals surface area contributed by atoms with Crippen molar-refractivity contribution >= 4 is 23.3 Å². The summed E-state index contributed by atoms with van der Waals surface area (Å²) in [4.78, 5) is 35.2. The van der Waals surface area contributed by atoms with E-state index >= 15 is 0 Å². The fourth-order valence-corrected chi connectivity index (χ4v) is 2.01. The molecular formula is C16H19N5O3. The molecule has 0 aliphatic heterocycles. The molecule has 0 saturated heterocycles. The number of hydrogen-bond acceptors (Lipinski definition) is 4. The Bertz CT molecular complexity index is 800. The first kappa shape index (κ1) is 17.2. The normalized spacial score (nSPS) is 10.1. The number of benzene rings is 1. The van der Waals surface area contributed by atoms with E-state index in [-0.39, 0.29) is 17.3 Å². The number of rotatable bonds is 5. The minimum atomic E-state index is -0.433. The van der Waals surface area contributed by atoms with Crippen molar-refractivity contribution in [3.63, 3.8) is 0 Å². The molecule has 0 aliphatic carbocycles. The van der Waals surface area contributed by atoms with Crippen LogP contribution in [0.25, 0.3) is 0 Å². The zero-order valence-electron chi connectivity index (χ0n) is 13.5. The number of urea groups is 1. The first-order valence-electron chi connectivity index (χ1n) is 7.51. The molecule has 0 atom stereocenters. The zero-order valence-corrected chi connectivity index (χ0v) is 13.5.